The van der Waals surface area contributed by atoms with Crippen LogP contribution in [-0.4, -0.2) is 42.7 Å². The molecule has 14 heteroatoms. The summed E-state index contributed by atoms with van der Waals surface area (Å²) in [4.78, 5) is 0. The molecule has 0 bridgehead atoms. The molecule has 126 valence electrons. The lowest BCUT2D eigenvalue weighted by Gasteiger charge is -2.25. The molecule has 0 N–H and O–H groups in total. The maximum atomic E-state index is 13.3. The lowest BCUT2D eigenvalue weighted by molar-refractivity contribution is -0.342. The minimum Gasteiger partial charge on any atom is -0.328 e. The zero-order valence-electron chi connectivity index (χ0n) is 9.06. The summed E-state index contributed by atoms with van der Waals surface area (Å²) in [6.07, 6.45) is -18.8. The smallest absolute Gasteiger partial charge is 0.328 e. The van der Waals surface area contributed by atoms with Crippen molar-refractivity contribution in [2.75, 3.05) is 6.61 Å². The van der Waals surface area contributed by atoms with E-state index < -0.39 is 42.7 Å². The first-order chi connectivity index (χ1) is 8.91. The lowest BCUT2D eigenvalue weighted by atomic mass is 10.1. The molecule has 0 spiro atoms. The van der Waals surface area contributed by atoms with Gasteiger partial charge in [0.15, 0.2) is 0 Å². The Morgan fingerprint density at radius 2 is 1.24 bits per heavy atom. The third kappa shape index (κ3) is 2.62. The highest BCUT2D eigenvalue weighted by molar-refractivity contribution is 5.17. The predicted octanol–water partition coefficient (Wildman–Crippen LogP) is 3.72. The van der Waals surface area contributed by atoms with Crippen molar-refractivity contribution in [3.8, 4) is 0 Å². The molecule has 0 saturated carbocycles. The first-order valence-corrected chi connectivity index (χ1v) is 4.52. The van der Waals surface area contributed by atoms with Gasteiger partial charge in [-0.15, -0.1) is 0 Å². The fraction of sp³-hybridized carbons (Fsp3) is 1.00. The number of ether oxygens (including phenoxy) is 2. The molecule has 0 aliphatic carbocycles. The summed E-state index contributed by atoms with van der Waals surface area (Å²) in [7, 11) is 0. The maximum Gasteiger partial charge on any atom is 0.459 e. The van der Waals surface area contributed by atoms with Gasteiger partial charge in [-0.2, -0.15) is 52.7 Å². The van der Waals surface area contributed by atoms with Crippen molar-refractivity contribution in [3.63, 3.8) is 0 Å². The van der Waals surface area contributed by atoms with E-state index in [-0.39, 0.29) is 0 Å². The molecule has 0 aromatic carbocycles. The van der Waals surface area contributed by atoms with Gasteiger partial charge in [0.1, 0.15) is 6.61 Å². The highest BCUT2D eigenvalue weighted by Gasteiger charge is 2.99. The van der Waals surface area contributed by atoms with E-state index in [2.05, 4.69) is 9.47 Å². The Kier molecular flexibility index (Phi) is 3.71. The summed E-state index contributed by atoms with van der Waals surface area (Å²) in [5, 5.41) is 0. The number of hydrogen-bond donors (Lipinski definition) is 0. The van der Waals surface area contributed by atoms with Crippen LogP contribution in [-0.2, 0) is 9.47 Å². The van der Waals surface area contributed by atoms with E-state index in [4.69, 9.17) is 0 Å². The standard InChI is InChI=1S/C7H2F12O2/c8-2(9,10)1-20-5(7(17,18)19)4(13,21-5)3(11,12)6(14,15)16/h1H2. The van der Waals surface area contributed by atoms with Gasteiger partial charge in [-0.1, -0.05) is 0 Å². The van der Waals surface area contributed by atoms with Gasteiger partial charge in [0.25, 0.3) is 0 Å². The molecule has 0 radical (unpaired) electrons. The number of epoxide rings is 1. The zero-order chi connectivity index (χ0) is 17.1. The number of rotatable bonds is 3. The van der Waals surface area contributed by atoms with Crippen molar-refractivity contribution < 1.29 is 62.2 Å². The molecule has 1 fully saturated rings. The molecule has 1 saturated heterocycles. The van der Waals surface area contributed by atoms with Gasteiger partial charge in [-0.05, 0) is 0 Å². The van der Waals surface area contributed by atoms with E-state index in [9.17, 15) is 52.7 Å². The van der Waals surface area contributed by atoms with Crippen LogP contribution >= 0.6 is 0 Å². The molecule has 0 amide bonds. The molecular weight excluding hydrogens is 344 g/mol. The molecule has 21 heavy (non-hydrogen) atoms. The van der Waals surface area contributed by atoms with E-state index in [1.165, 1.54) is 0 Å². The van der Waals surface area contributed by atoms with Gasteiger partial charge in [0.2, 0.25) is 0 Å². The molecule has 1 rings (SSSR count). The second kappa shape index (κ2) is 4.30. The Morgan fingerprint density at radius 3 is 1.52 bits per heavy atom. The van der Waals surface area contributed by atoms with Crippen molar-refractivity contribution in [1.29, 1.82) is 0 Å². The van der Waals surface area contributed by atoms with Crippen LogP contribution in [0.3, 0.4) is 0 Å². The Labute approximate surface area is 106 Å². The van der Waals surface area contributed by atoms with Crippen molar-refractivity contribution in [2.45, 2.75) is 36.1 Å². The van der Waals surface area contributed by atoms with Crippen molar-refractivity contribution >= 4 is 0 Å². The van der Waals surface area contributed by atoms with Crippen LogP contribution in [0.4, 0.5) is 52.7 Å². The average Bonchev–Trinajstić information content (AvgIpc) is 2.81. The Hall–Kier alpha value is -0.920. The molecule has 1 aliphatic rings. The van der Waals surface area contributed by atoms with E-state index in [1.807, 2.05) is 0 Å². The number of alkyl halides is 12. The predicted molar refractivity (Wildman–Crippen MR) is 36.7 cm³/mol. The Morgan fingerprint density at radius 1 is 0.810 bits per heavy atom. The van der Waals surface area contributed by atoms with Gasteiger partial charge in [-0.3, -0.25) is 4.74 Å². The Bertz CT molecular complexity index is 407. The summed E-state index contributed by atoms with van der Waals surface area (Å²) >= 11 is 0. The minimum atomic E-state index is -6.85. The summed E-state index contributed by atoms with van der Waals surface area (Å²) in [5.74, 6) is -18.0. The summed E-state index contributed by atoms with van der Waals surface area (Å²) in [5.41, 5.74) is 0. The van der Waals surface area contributed by atoms with Gasteiger partial charge < -0.3 is 4.74 Å². The molecule has 0 aromatic rings. The molecule has 1 heterocycles. The Balaban J connectivity index is 3.17. The molecule has 1 aliphatic heterocycles. The lowest BCUT2D eigenvalue weighted by Crippen LogP contribution is -2.55. The third-order valence-electron chi connectivity index (χ3n) is 2.24. The van der Waals surface area contributed by atoms with Crippen LogP contribution in [0.2, 0.25) is 0 Å². The highest BCUT2D eigenvalue weighted by Crippen LogP contribution is 2.68. The molecule has 2 nitrogen and oxygen atoms in total. The third-order valence-corrected chi connectivity index (χ3v) is 2.24. The first-order valence-electron chi connectivity index (χ1n) is 4.52. The first kappa shape index (κ1) is 18.1. The highest BCUT2D eigenvalue weighted by atomic mass is 19.4. The van der Waals surface area contributed by atoms with Crippen LogP contribution in [0.1, 0.15) is 0 Å². The van der Waals surface area contributed by atoms with Crippen molar-refractivity contribution in [2.24, 2.45) is 0 Å². The average molecular weight is 346 g/mol. The number of hydrogen-bond acceptors (Lipinski definition) is 2. The van der Waals surface area contributed by atoms with Crippen molar-refractivity contribution in [3.05, 3.63) is 0 Å². The van der Waals surface area contributed by atoms with Crippen LogP contribution in [0, 0.1) is 0 Å². The second-order valence-electron chi connectivity index (χ2n) is 3.79. The summed E-state index contributed by atoms with van der Waals surface area (Å²) < 4.78 is 152. The maximum absolute atomic E-state index is 13.3. The molecule has 2 atom stereocenters. The van der Waals surface area contributed by atoms with Gasteiger partial charge in [-0.25, -0.2) is 0 Å². The summed E-state index contributed by atoms with van der Waals surface area (Å²) in [6.45, 7) is -2.95. The quantitative estimate of drug-likeness (QED) is 0.574. The zero-order valence-corrected chi connectivity index (χ0v) is 9.06. The second-order valence-corrected chi connectivity index (χ2v) is 3.79. The molecule has 2 unspecified atom stereocenters. The van der Waals surface area contributed by atoms with E-state index in [1.54, 1.807) is 0 Å². The molecular formula is C7H2F12O2. The normalized spacial score (nSPS) is 31.4. The van der Waals surface area contributed by atoms with Crippen LogP contribution < -0.4 is 0 Å². The van der Waals surface area contributed by atoms with Crippen molar-refractivity contribution in [1.82, 2.24) is 0 Å². The van der Waals surface area contributed by atoms with Gasteiger partial charge in [0, 0.05) is 0 Å². The summed E-state index contributed by atoms with van der Waals surface area (Å²) in [6, 6.07) is 0. The topological polar surface area (TPSA) is 21.8 Å². The van der Waals surface area contributed by atoms with Crippen LogP contribution in [0.25, 0.3) is 0 Å². The van der Waals surface area contributed by atoms with E-state index >= 15 is 0 Å². The number of halogens is 12. The van der Waals surface area contributed by atoms with E-state index in [0.717, 1.165) is 0 Å². The van der Waals surface area contributed by atoms with Gasteiger partial charge in [0.05, 0.1) is 0 Å². The fourth-order valence-corrected chi connectivity index (χ4v) is 1.25. The largest absolute Gasteiger partial charge is 0.459 e. The molecule has 0 aromatic heterocycles. The minimum absolute atomic E-state index is 2.66. The van der Waals surface area contributed by atoms with Crippen LogP contribution in [0.5, 0.6) is 0 Å². The van der Waals surface area contributed by atoms with Crippen LogP contribution in [0.15, 0.2) is 0 Å². The SMILES string of the molecule is FC(F)(F)COC1(C(F)(F)F)OC1(F)C(F)(F)C(F)(F)F. The van der Waals surface area contributed by atoms with E-state index in [0.29, 0.717) is 0 Å². The fourth-order valence-electron chi connectivity index (χ4n) is 1.25. The van der Waals surface area contributed by atoms with Gasteiger partial charge >= 0.3 is 36.1 Å². The monoisotopic (exact) mass is 346 g/mol.